The molecule has 0 N–H and O–H groups in total. The van der Waals surface area contributed by atoms with Gasteiger partial charge in [0.05, 0.1) is 33.3 Å². The minimum atomic E-state index is -1.30. The molecule has 1 aliphatic heterocycles. The van der Waals surface area contributed by atoms with Gasteiger partial charge in [-0.2, -0.15) is 0 Å². The summed E-state index contributed by atoms with van der Waals surface area (Å²) < 4.78 is 18.1. The molecule has 2 heterocycles. The fraction of sp³-hybridized carbons (Fsp3) is 0.471. The van der Waals surface area contributed by atoms with Crippen molar-refractivity contribution in [1.82, 2.24) is 14.9 Å². The van der Waals surface area contributed by atoms with Crippen LogP contribution in [-0.4, -0.2) is 49.1 Å². The van der Waals surface area contributed by atoms with Crippen molar-refractivity contribution in [3.05, 3.63) is 30.5 Å². The average Bonchev–Trinajstić information content (AvgIpc) is 3.02. The van der Waals surface area contributed by atoms with Crippen LogP contribution in [0.2, 0.25) is 0 Å². The number of para-hydroxylation sites is 2. The van der Waals surface area contributed by atoms with Crippen LogP contribution in [0.5, 0.6) is 0 Å². The Morgan fingerprint density at radius 2 is 2.00 bits per heavy atom. The van der Waals surface area contributed by atoms with Crippen LogP contribution in [0.3, 0.4) is 0 Å². The van der Waals surface area contributed by atoms with Gasteiger partial charge in [0, 0.05) is 13.1 Å². The smallest absolute Gasteiger partial charge is 0.410 e. The van der Waals surface area contributed by atoms with Gasteiger partial charge in [-0.05, 0) is 39.3 Å². The first-order valence-electron chi connectivity index (χ1n) is 7.94. The van der Waals surface area contributed by atoms with E-state index in [1.807, 2.05) is 45.0 Å². The van der Waals surface area contributed by atoms with Gasteiger partial charge in [0.2, 0.25) is 0 Å². The molecular formula is C17H21N3O3S. The summed E-state index contributed by atoms with van der Waals surface area (Å²) in [7, 11) is -1.30. The second-order valence-corrected chi connectivity index (χ2v) is 8.51. The predicted molar refractivity (Wildman–Crippen MR) is 92.2 cm³/mol. The minimum absolute atomic E-state index is 0.145. The molecule has 1 unspecified atom stereocenters. The lowest BCUT2D eigenvalue weighted by Gasteiger charge is -2.24. The van der Waals surface area contributed by atoms with Crippen LogP contribution in [0, 0.1) is 0 Å². The molecule has 1 amide bonds. The third kappa shape index (κ3) is 3.72. The zero-order valence-electron chi connectivity index (χ0n) is 14.1. The molecule has 1 aromatic carbocycles. The number of carbonyl (C=O) groups excluding carboxylic acids is 1. The van der Waals surface area contributed by atoms with Gasteiger partial charge in [-0.25, -0.2) is 9.78 Å². The number of benzene rings is 1. The Hall–Kier alpha value is -2.02. The van der Waals surface area contributed by atoms with E-state index in [9.17, 15) is 9.00 Å². The van der Waals surface area contributed by atoms with Crippen molar-refractivity contribution in [2.45, 2.75) is 43.1 Å². The third-order valence-electron chi connectivity index (χ3n) is 3.73. The van der Waals surface area contributed by atoms with Gasteiger partial charge in [0.1, 0.15) is 10.6 Å². The largest absolute Gasteiger partial charge is 0.444 e. The number of hydrogen-bond donors (Lipinski definition) is 0. The summed E-state index contributed by atoms with van der Waals surface area (Å²) in [6.45, 7) is 6.46. The Morgan fingerprint density at radius 1 is 1.29 bits per heavy atom. The Morgan fingerprint density at radius 3 is 2.71 bits per heavy atom. The molecule has 6 nitrogen and oxygen atoms in total. The molecule has 0 radical (unpaired) electrons. The molecule has 3 rings (SSSR count). The summed E-state index contributed by atoms with van der Waals surface area (Å²) >= 11 is 0. The minimum Gasteiger partial charge on any atom is -0.444 e. The van der Waals surface area contributed by atoms with Crippen LogP contribution in [0.1, 0.15) is 27.2 Å². The monoisotopic (exact) mass is 347 g/mol. The normalized spacial score (nSPS) is 19.5. The molecular weight excluding hydrogens is 326 g/mol. The maximum absolute atomic E-state index is 12.8. The predicted octanol–water partition coefficient (Wildman–Crippen LogP) is 2.75. The van der Waals surface area contributed by atoms with Gasteiger partial charge >= 0.3 is 6.09 Å². The lowest BCUT2D eigenvalue weighted by molar-refractivity contribution is 0.0295. The van der Waals surface area contributed by atoms with E-state index in [0.717, 1.165) is 11.0 Å². The van der Waals surface area contributed by atoms with E-state index in [0.29, 0.717) is 24.5 Å². The van der Waals surface area contributed by atoms with Crippen molar-refractivity contribution in [3.8, 4) is 0 Å². The van der Waals surface area contributed by atoms with Crippen LogP contribution < -0.4 is 0 Å². The summed E-state index contributed by atoms with van der Waals surface area (Å²) in [5.74, 6) is 0. The zero-order valence-corrected chi connectivity index (χ0v) is 14.9. The second-order valence-electron chi connectivity index (χ2n) is 6.83. The van der Waals surface area contributed by atoms with Gasteiger partial charge in [-0.15, -0.1) is 0 Å². The Kier molecular flexibility index (Phi) is 4.54. The van der Waals surface area contributed by atoms with Gasteiger partial charge in [-0.3, -0.25) is 9.19 Å². The molecule has 0 spiro atoms. The molecule has 1 aliphatic rings. The summed E-state index contributed by atoms with van der Waals surface area (Å²) in [5, 5.41) is 0.317. The second kappa shape index (κ2) is 6.47. The molecule has 128 valence electrons. The topological polar surface area (TPSA) is 72.4 Å². The van der Waals surface area contributed by atoms with Crippen LogP contribution in [0.25, 0.3) is 11.0 Å². The highest BCUT2D eigenvalue weighted by molar-refractivity contribution is 7.85. The van der Waals surface area contributed by atoms with E-state index in [4.69, 9.17) is 4.74 Å². The molecule has 2 aromatic rings. The van der Waals surface area contributed by atoms with Crippen molar-refractivity contribution in [2.75, 3.05) is 13.1 Å². The van der Waals surface area contributed by atoms with Gasteiger partial charge in [-0.1, -0.05) is 12.1 Å². The van der Waals surface area contributed by atoms with E-state index >= 15 is 0 Å². The number of nitrogens with zero attached hydrogens (tertiary/aromatic N) is 3. The standard InChI is InChI=1S/C17H21N3O3S/c1-17(2,3)23-16(21)20-9-8-12(11-20)24(22)15-10-18-13-6-4-5-7-14(13)19-15/h4-7,10,12H,8-9,11H2,1-3H3/t12-,24?/m0/s1. The van der Waals surface area contributed by atoms with Gasteiger partial charge in [0.25, 0.3) is 0 Å². The molecule has 2 atom stereocenters. The summed E-state index contributed by atoms with van der Waals surface area (Å²) in [6.07, 6.45) is 1.88. The number of hydrogen-bond acceptors (Lipinski definition) is 5. The van der Waals surface area contributed by atoms with Crippen molar-refractivity contribution in [3.63, 3.8) is 0 Å². The van der Waals surface area contributed by atoms with E-state index in [-0.39, 0.29) is 11.3 Å². The number of aromatic nitrogens is 2. The maximum Gasteiger partial charge on any atom is 0.410 e. The fourth-order valence-electron chi connectivity index (χ4n) is 2.60. The van der Waals surface area contributed by atoms with E-state index < -0.39 is 16.4 Å². The highest BCUT2D eigenvalue weighted by Crippen LogP contribution is 2.22. The first kappa shape index (κ1) is 16.8. The molecule has 1 saturated heterocycles. The molecule has 24 heavy (non-hydrogen) atoms. The van der Waals surface area contributed by atoms with Crippen molar-refractivity contribution < 1.29 is 13.7 Å². The van der Waals surface area contributed by atoms with E-state index in [1.54, 1.807) is 11.1 Å². The van der Waals surface area contributed by atoms with Crippen molar-refractivity contribution >= 4 is 27.9 Å². The van der Waals surface area contributed by atoms with Crippen LogP contribution >= 0.6 is 0 Å². The molecule has 0 aliphatic carbocycles. The Labute approximate surface area is 143 Å². The van der Waals surface area contributed by atoms with Crippen molar-refractivity contribution in [2.24, 2.45) is 0 Å². The molecule has 1 fully saturated rings. The van der Waals surface area contributed by atoms with E-state index in [2.05, 4.69) is 9.97 Å². The summed E-state index contributed by atoms with van der Waals surface area (Å²) in [6, 6.07) is 7.49. The Bertz CT molecular complexity index is 788. The Balaban J connectivity index is 1.70. The summed E-state index contributed by atoms with van der Waals surface area (Å²) in [4.78, 5) is 22.5. The highest BCUT2D eigenvalue weighted by atomic mass is 32.2. The van der Waals surface area contributed by atoms with Crippen LogP contribution in [-0.2, 0) is 15.5 Å². The van der Waals surface area contributed by atoms with Crippen molar-refractivity contribution in [1.29, 1.82) is 0 Å². The number of likely N-dealkylation sites (tertiary alicyclic amines) is 1. The molecule has 0 bridgehead atoms. The lowest BCUT2D eigenvalue weighted by atomic mass is 10.2. The average molecular weight is 347 g/mol. The van der Waals surface area contributed by atoms with Gasteiger partial charge in [0.15, 0.2) is 0 Å². The number of ether oxygens (including phenoxy) is 1. The third-order valence-corrected chi connectivity index (χ3v) is 5.33. The number of carbonyl (C=O) groups is 1. The van der Waals surface area contributed by atoms with Gasteiger partial charge < -0.3 is 9.64 Å². The quantitative estimate of drug-likeness (QED) is 0.835. The first-order valence-corrected chi connectivity index (χ1v) is 9.15. The number of fused-ring (bicyclic) bond motifs is 1. The molecule has 0 saturated carbocycles. The first-order chi connectivity index (χ1) is 11.3. The SMILES string of the molecule is CC(C)(C)OC(=O)N1CC[C@H](S(=O)c2cnc3ccccc3n2)C1. The van der Waals surface area contributed by atoms with E-state index in [1.165, 1.54) is 0 Å². The fourth-order valence-corrected chi connectivity index (χ4v) is 3.92. The number of amides is 1. The maximum atomic E-state index is 12.8. The lowest BCUT2D eigenvalue weighted by Crippen LogP contribution is -2.36. The highest BCUT2D eigenvalue weighted by Gasteiger charge is 2.33. The number of rotatable bonds is 2. The zero-order chi connectivity index (χ0) is 17.3. The summed E-state index contributed by atoms with van der Waals surface area (Å²) in [5.41, 5.74) is 0.975. The molecule has 1 aromatic heterocycles. The molecule has 7 heteroatoms. The van der Waals surface area contributed by atoms with Crippen LogP contribution in [0.4, 0.5) is 4.79 Å². The van der Waals surface area contributed by atoms with Crippen LogP contribution in [0.15, 0.2) is 35.5 Å².